The molecule has 0 saturated heterocycles. The third kappa shape index (κ3) is 9.50. The van der Waals surface area contributed by atoms with Crippen molar-refractivity contribution in [2.24, 2.45) is 0 Å². The summed E-state index contributed by atoms with van der Waals surface area (Å²) in [5.74, 6) is 2.13. The molecule has 482 valence electrons. The zero-order valence-corrected chi connectivity index (χ0v) is 57.4. The molecule has 13 heterocycles. The first-order valence-electron chi connectivity index (χ1n) is 33.6. The number of rotatable bonds is 4. The monoisotopic (exact) mass is 1300 g/mol. The second kappa shape index (κ2) is 23.6. The smallest absolute Gasteiger partial charge is 0.206 e. The molecule has 0 bridgehead atoms. The van der Waals surface area contributed by atoms with Gasteiger partial charge in [0.1, 0.15) is 47.8 Å². The molecule has 15 heteroatoms. The number of nitrogens with zero attached hydrogens (tertiary/aromatic N) is 10. The maximum Gasteiger partial charge on any atom is 0.206 e. The summed E-state index contributed by atoms with van der Waals surface area (Å²) in [6.45, 7) is 8.83. The fraction of sp³-hybridized carbons (Fsp3) is 0.235. The Morgan fingerprint density at radius 2 is 0.979 bits per heavy atom. The molecule has 5 unspecified atom stereocenters. The van der Waals surface area contributed by atoms with Gasteiger partial charge in [-0.2, -0.15) is 11.3 Å². The number of likely N-dealkylation sites (N-methyl/N-ethyl adjacent to an activating group) is 3. The zero-order valence-electron chi connectivity index (χ0n) is 55.7. The Kier molecular flexibility index (Phi) is 14.6. The number of para-hydroxylation sites is 8. The van der Waals surface area contributed by atoms with E-state index in [1.807, 2.05) is 41.9 Å². The van der Waals surface area contributed by atoms with Gasteiger partial charge in [-0.1, -0.05) is 105 Å². The summed E-state index contributed by atoms with van der Waals surface area (Å²) in [5, 5.41) is 13.3. The lowest BCUT2D eigenvalue weighted by Gasteiger charge is -2.30. The number of allylic oxidation sites excluding steroid dienone is 2. The Bertz CT molecular complexity index is 5180. The predicted octanol–water partition coefficient (Wildman–Crippen LogP) is 20.2. The molecule has 0 saturated carbocycles. The van der Waals surface area contributed by atoms with Crippen molar-refractivity contribution >= 4 is 139 Å². The lowest BCUT2D eigenvalue weighted by molar-refractivity contribution is 0.327. The second-order valence-corrected chi connectivity index (χ2v) is 28.2. The van der Waals surface area contributed by atoms with Gasteiger partial charge in [0.2, 0.25) is 5.88 Å². The Morgan fingerprint density at radius 3 is 1.71 bits per heavy atom. The average Bonchev–Trinajstić information content (AvgIpc) is 1.57. The molecular formula is C81H78N10O3S2. The van der Waals surface area contributed by atoms with Gasteiger partial charge in [0, 0.05) is 132 Å². The quantitative estimate of drug-likeness (QED) is 0.168. The van der Waals surface area contributed by atoms with Crippen molar-refractivity contribution in [2.45, 2.75) is 90.6 Å². The molecule has 5 aromatic heterocycles. The van der Waals surface area contributed by atoms with Crippen molar-refractivity contribution in [3.8, 4) is 0 Å². The number of hydrogen-bond donors (Lipinski definition) is 0. The van der Waals surface area contributed by atoms with E-state index in [9.17, 15) is 0 Å². The van der Waals surface area contributed by atoms with E-state index in [-0.39, 0.29) is 0 Å². The van der Waals surface area contributed by atoms with Crippen molar-refractivity contribution in [3.05, 3.63) is 245 Å². The number of hydrogen-bond acceptors (Lipinski definition) is 15. The highest BCUT2D eigenvalue weighted by atomic mass is 32.1. The molecule has 96 heavy (non-hydrogen) atoms. The minimum atomic E-state index is 0.353. The van der Waals surface area contributed by atoms with Gasteiger partial charge in [-0.05, 0) is 139 Å². The first kappa shape index (κ1) is 59.5. The van der Waals surface area contributed by atoms with Crippen LogP contribution in [0.5, 0.6) is 0 Å². The molecule has 0 spiro atoms. The lowest BCUT2D eigenvalue weighted by atomic mass is 10.1. The van der Waals surface area contributed by atoms with E-state index in [1.165, 1.54) is 110 Å². The van der Waals surface area contributed by atoms with Gasteiger partial charge in [-0.15, -0.1) is 11.3 Å². The van der Waals surface area contributed by atoms with Gasteiger partial charge >= 0.3 is 0 Å². The highest BCUT2D eigenvalue weighted by Crippen LogP contribution is 2.55. The van der Waals surface area contributed by atoms with E-state index in [1.54, 1.807) is 17.6 Å². The van der Waals surface area contributed by atoms with Crippen LogP contribution in [0.1, 0.15) is 56.7 Å². The summed E-state index contributed by atoms with van der Waals surface area (Å²) in [5.41, 5.74) is 18.9. The van der Waals surface area contributed by atoms with E-state index in [0.29, 0.717) is 30.8 Å². The highest BCUT2D eigenvalue weighted by Gasteiger charge is 2.46. The molecule has 21 rings (SSSR count). The molecule has 8 aromatic carbocycles. The summed E-state index contributed by atoms with van der Waals surface area (Å²) >= 11 is 3.72. The van der Waals surface area contributed by atoms with Crippen molar-refractivity contribution < 1.29 is 13.3 Å². The molecule has 8 aliphatic rings. The van der Waals surface area contributed by atoms with Gasteiger partial charge < -0.3 is 57.4 Å². The van der Waals surface area contributed by atoms with Crippen molar-refractivity contribution in [2.75, 3.05) is 74.4 Å². The van der Waals surface area contributed by atoms with Gasteiger partial charge in [0.25, 0.3) is 0 Å². The van der Waals surface area contributed by atoms with Gasteiger partial charge in [-0.25, -0.2) is 0 Å². The van der Waals surface area contributed by atoms with Crippen LogP contribution in [0.15, 0.2) is 242 Å². The number of fused-ring (bicyclic) bond motifs is 22. The standard InChI is InChI=1S/C18H18N2O.2C17H14N2O.C15H18N2S.C14H14N2S/c1-3-18-19(2)16-6-4-5-7-17(16)20(18)15-9-8-13-11-21-12-14(13)10-15;1-18-13-7-3-4-8-14(13)19-16(18)10-12-11-6-2-5-9-15(11)20-17(12)19;1-18-12-7-3-4-8-13(12)19-16(18)10-15-17(19)11-6-2-5-9-14(11)20-15;1-4-15-16(3)11(2)8-17(15)14-6-5-12-9-18-10-13(12)7-14;1-9-8-16-13(15(9)2)7-12-14(16)10-5-3-4-6-11(10)17-12/h4-12,18H,3H2,1-2H3;2*2-9,16H,10H2,1H3;5-10,15H,4H2,1-3H3;3-6,8,13H,7H2,1-2H3. The molecule has 8 aliphatic heterocycles. The molecule has 0 fully saturated rings. The minimum absolute atomic E-state index is 0.353. The SMILES string of the molecule is CC1=CN2c3c(sc4ccccc34)CC2N1C.CCC1N(C)C(C)=CN1c1ccc2cscc2c1.CCC1N(C)c2ccccc2N1c1ccc2cocc2c1.CN1c2ccccc2N2c3c(oc4ccccc34)CC12.CN1c2ccccc2N2c3oc4ccccc4c3CC12. The van der Waals surface area contributed by atoms with Crippen LogP contribution in [-0.4, -0.2) is 75.9 Å². The van der Waals surface area contributed by atoms with Gasteiger partial charge in [-0.3, -0.25) is 4.90 Å². The van der Waals surface area contributed by atoms with Crippen LogP contribution in [-0.2, 0) is 19.3 Å². The lowest BCUT2D eigenvalue weighted by Crippen LogP contribution is -2.37. The van der Waals surface area contributed by atoms with E-state index < -0.39 is 0 Å². The third-order valence-corrected chi connectivity index (χ3v) is 23.1. The average molecular weight is 1300 g/mol. The fourth-order valence-corrected chi connectivity index (χ4v) is 18.1. The maximum atomic E-state index is 6.13. The van der Waals surface area contributed by atoms with Crippen LogP contribution in [0.3, 0.4) is 0 Å². The molecule has 13 nitrogen and oxygen atoms in total. The molecular weight excluding hydrogens is 1230 g/mol. The van der Waals surface area contributed by atoms with E-state index in [4.69, 9.17) is 13.3 Å². The van der Waals surface area contributed by atoms with Gasteiger partial charge in [0.05, 0.1) is 58.0 Å². The molecule has 5 atom stereocenters. The van der Waals surface area contributed by atoms with E-state index in [0.717, 1.165) is 65.7 Å². The molecule has 0 radical (unpaired) electrons. The molecule has 0 N–H and O–H groups in total. The second-order valence-electron chi connectivity index (χ2n) is 26.3. The Labute approximate surface area is 568 Å². The molecule has 13 aromatic rings. The first-order chi connectivity index (χ1) is 46.9. The number of anilines is 11. The zero-order chi connectivity index (χ0) is 65.2. The first-order valence-corrected chi connectivity index (χ1v) is 35.4. The topological polar surface area (TPSA) is 71.8 Å². The fourth-order valence-electron chi connectivity index (χ4n) is 16.1. The van der Waals surface area contributed by atoms with Crippen LogP contribution >= 0.6 is 22.7 Å². The van der Waals surface area contributed by atoms with Gasteiger partial charge in [0.15, 0.2) is 0 Å². The highest BCUT2D eigenvalue weighted by molar-refractivity contribution is 7.19. The van der Waals surface area contributed by atoms with Crippen LogP contribution < -0.4 is 39.2 Å². The number of furan rings is 3. The van der Waals surface area contributed by atoms with E-state index in [2.05, 4.69) is 293 Å². The summed E-state index contributed by atoms with van der Waals surface area (Å²) in [7, 11) is 10.9. The maximum absolute atomic E-state index is 6.13. The summed E-state index contributed by atoms with van der Waals surface area (Å²) < 4.78 is 18.9. The van der Waals surface area contributed by atoms with Crippen molar-refractivity contribution in [1.82, 2.24) is 9.80 Å². The van der Waals surface area contributed by atoms with E-state index >= 15 is 0 Å². The van der Waals surface area contributed by atoms with Crippen molar-refractivity contribution in [1.29, 1.82) is 0 Å². The number of thiophene rings is 2. The Balaban J connectivity index is 0.0000000909. The van der Waals surface area contributed by atoms with Crippen LogP contribution in [0, 0.1) is 0 Å². The molecule has 0 amide bonds. The summed E-state index contributed by atoms with van der Waals surface area (Å²) in [4.78, 5) is 25.3. The predicted molar refractivity (Wildman–Crippen MR) is 402 cm³/mol. The van der Waals surface area contributed by atoms with Crippen LogP contribution in [0.25, 0.3) is 53.6 Å². The normalized spacial score (nSPS) is 19.5. The largest absolute Gasteiger partial charge is 0.471 e. The summed E-state index contributed by atoms with van der Waals surface area (Å²) in [6, 6.07) is 64.3. The third-order valence-electron chi connectivity index (χ3n) is 21.1. The Morgan fingerprint density at radius 1 is 0.427 bits per heavy atom. The summed E-state index contributed by atoms with van der Waals surface area (Å²) in [6.07, 6.45) is 15.4. The van der Waals surface area contributed by atoms with Crippen molar-refractivity contribution in [3.63, 3.8) is 0 Å². The molecule has 0 aliphatic carbocycles. The van der Waals surface area contributed by atoms with Crippen LogP contribution in [0.4, 0.5) is 62.8 Å². The van der Waals surface area contributed by atoms with Crippen LogP contribution in [0.2, 0.25) is 0 Å². The minimum Gasteiger partial charge on any atom is -0.471 e. The number of benzene rings is 8. The Hall–Kier alpha value is -10.2.